The van der Waals surface area contributed by atoms with Gasteiger partial charge in [0.15, 0.2) is 0 Å². The van der Waals surface area contributed by atoms with Crippen molar-refractivity contribution in [3.05, 3.63) is 54.1 Å². The van der Waals surface area contributed by atoms with E-state index in [1.807, 2.05) is 29.2 Å². The van der Waals surface area contributed by atoms with E-state index in [0.717, 1.165) is 11.9 Å². The van der Waals surface area contributed by atoms with E-state index < -0.39 is 17.2 Å². The van der Waals surface area contributed by atoms with E-state index in [9.17, 15) is 9.18 Å². The number of alkyl halides is 2. The fraction of sp³-hybridized carbons (Fsp3) is 0.455. The normalized spacial score (nSPS) is 23.1. The van der Waals surface area contributed by atoms with Crippen LogP contribution < -0.4 is 9.64 Å². The number of aromatic nitrogens is 1. The Balaban J connectivity index is 1.48. The van der Waals surface area contributed by atoms with E-state index >= 15 is 8.78 Å². The number of piperidine rings is 1. The molecule has 2 aromatic rings. The van der Waals surface area contributed by atoms with Crippen LogP contribution >= 0.6 is 0 Å². The Kier molecular flexibility index (Phi) is 5.34. The molecule has 2 aliphatic rings. The first-order chi connectivity index (χ1) is 14.3. The number of likely N-dealkylation sites (tertiary alicyclic amines) is 1. The molecular weight excluding hydrogens is 395 g/mol. The van der Waals surface area contributed by atoms with Gasteiger partial charge in [-0.15, -0.1) is 0 Å². The minimum Gasteiger partial charge on any atom is -0.497 e. The second-order valence-electron chi connectivity index (χ2n) is 8.06. The minimum absolute atomic E-state index is 0.00663. The van der Waals surface area contributed by atoms with Crippen molar-refractivity contribution in [2.45, 2.75) is 25.2 Å². The van der Waals surface area contributed by atoms with Gasteiger partial charge in [0.1, 0.15) is 11.6 Å². The van der Waals surface area contributed by atoms with E-state index in [-0.39, 0.29) is 38.4 Å². The van der Waals surface area contributed by atoms with E-state index in [1.54, 1.807) is 7.11 Å². The van der Waals surface area contributed by atoms with Gasteiger partial charge in [-0.25, -0.2) is 13.2 Å². The molecule has 0 radical (unpaired) electrons. The highest BCUT2D eigenvalue weighted by molar-refractivity contribution is 5.78. The average molecular weight is 419 g/mol. The molecule has 160 valence electrons. The van der Waals surface area contributed by atoms with Crippen LogP contribution in [-0.4, -0.2) is 55.0 Å². The van der Waals surface area contributed by atoms with Gasteiger partial charge >= 0.3 is 0 Å². The van der Waals surface area contributed by atoms with Crippen LogP contribution in [0.1, 0.15) is 18.5 Å². The third kappa shape index (κ3) is 3.82. The van der Waals surface area contributed by atoms with Gasteiger partial charge in [0.2, 0.25) is 5.91 Å². The third-order valence-corrected chi connectivity index (χ3v) is 6.23. The number of ether oxygens (including phenoxy) is 1. The van der Waals surface area contributed by atoms with Gasteiger partial charge in [0, 0.05) is 44.0 Å². The van der Waals surface area contributed by atoms with Crippen LogP contribution in [0.15, 0.2) is 42.6 Å². The van der Waals surface area contributed by atoms with E-state index in [4.69, 9.17) is 4.74 Å². The smallest absolute Gasteiger partial charge is 0.258 e. The van der Waals surface area contributed by atoms with Crippen molar-refractivity contribution in [3.63, 3.8) is 0 Å². The molecular formula is C22H24F3N3O2. The zero-order valence-electron chi connectivity index (χ0n) is 16.8. The molecule has 0 aliphatic carbocycles. The maximum absolute atomic E-state index is 15.0. The van der Waals surface area contributed by atoms with Crippen molar-refractivity contribution in [1.29, 1.82) is 0 Å². The highest BCUT2D eigenvalue weighted by Crippen LogP contribution is 2.50. The van der Waals surface area contributed by atoms with Gasteiger partial charge in [-0.05, 0) is 42.8 Å². The maximum atomic E-state index is 15.0. The van der Waals surface area contributed by atoms with Gasteiger partial charge in [0.05, 0.1) is 25.1 Å². The summed E-state index contributed by atoms with van der Waals surface area (Å²) >= 11 is 0. The van der Waals surface area contributed by atoms with Crippen LogP contribution in [0.25, 0.3) is 0 Å². The number of methoxy groups -OCH3 is 1. The monoisotopic (exact) mass is 419 g/mol. The van der Waals surface area contributed by atoms with Crippen molar-refractivity contribution in [1.82, 2.24) is 9.88 Å². The number of hydrogen-bond donors (Lipinski definition) is 0. The molecule has 1 spiro atoms. The number of carbonyl (C=O) groups is 1. The standard InChI is InChI=1S/C22H24F3N3O2/c1-30-19-6-4-18(5-7-19)27-10-8-21(14-27)15-28(11-9-22(21,24)25)20(29)12-17-3-2-16(23)13-26-17/h2-7,13H,8-12,14-15H2,1H3. The third-order valence-electron chi connectivity index (χ3n) is 6.23. The zero-order chi connectivity index (χ0) is 21.4. The lowest BCUT2D eigenvalue weighted by molar-refractivity contribution is -0.168. The minimum atomic E-state index is -2.85. The van der Waals surface area contributed by atoms with E-state index in [0.29, 0.717) is 24.4 Å². The number of halogens is 3. The number of nitrogens with zero attached hydrogens (tertiary/aromatic N) is 3. The second kappa shape index (κ2) is 7.81. The van der Waals surface area contributed by atoms with Crippen molar-refractivity contribution in [2.75, 3.05) is 38.2 Å². The number of rotatable bonds is 4. The van der Waals surface area contributed by atoms with Crippen molar-refractivity contribution >= 4 is 11.6 Å². The highest BCUT2D eigenvalue weighted by atomic mass is 19.3. The van der Waals surface area contributed by atoms with Gasteiger partial charge in [0.25, 0.3) is 5.92 Å². The van der Waals surface area contributed by atoms with Crippen LogP contribution in [-0.2, 0) is 11.2 Å². The van der Waals surface area contributed by atoms with Crippen LogP contribution in [0.4, 0.5) is 18.9 Å². The van der Waals surface area contributed by atoms with E-state index in [1.165, 1.54) is 17.0 Å². The summed E-state index contributed by atoms with van der Waals surface area (Å²) in [6.45, 7) is 0.707. The Labute approximate surface area is 173 Å². The summed E-state index contributed by atoms with van der Waals surface area (Å²) in [5.74, 6) is -2.87. The molecule has 1 aromatic heterocycles. The van der Waals surface area contributed by atoms with Gasteiger partial charge in [-0.1, -0.05) is 0 Å². The van der Waals surface area contributed by atoms with Crippen molar-refractivity contribution in [2.24, 2.45) is 5.41 Å². The molecule has 0 saturated carbocycles. The Morgan fingerprint density at radius 1 is 1.10 bits per heavy atom. The molecule has 5 nitrogen and oxygen atoms in total. The first-order valence-electron chi connectivity index (χ1n) is 9.97. The lowest BCUT2D eigenvalue weighted by atomic mass is 9.75. The Morgan fingerprint density at radius 3 is 2.53 bits per heavy atom. The van der Waals surface area contributed by atoms with Crippen LogP contribution in [0.3, 0.4) is 0 Å². The fourth-order valence-corrected chi connectivity index (χ4v) is 4.40. The lowest BCUT2D eigenvalue weighted by Crippen LogP contribution is -2.58. The molecule has 1 atom stereocenters. The van der Waals surface area contributed by atoms with Crippen LogP contribution in [0.5, 0.6) is 5.75 Å². The Morgan fingerprint density at radius 2 is 1.87 bits per heavy atom. The molecule has 1 amide bonds. The summed E-state index contributed by atoms with van der Waals surface area (Å²) in [6, 6.07) is 10.0. The molecule has 2 fully saturated rings. The molecule has 1 aromatic carbocycles. The molecule has 0 bridgehead atoms. The largest absolute Gasteiger partial charge is 0.497 e. The van der Waals surface area contributed by atoms with Gasteiger partial charge in [-0.3, -0.25) is 9.78 Å². The van der Waals surface area contributed by atoms with Crippen molar-refractivity contribution < 1.29 is 22.7 Å². The lowest BCUT2D eigenvalue weighted by Gasteiger charge is -2.46. The van der Waals surface area contributed by atoms with Gasteiger partial charge in [-0.2, -0.15) is 0 Å². The first-order valence-corrected chi connectivity index (χ1v) is 9.97. The number of carbonyl (C=O) groups excluding carboxylic acids is 1. The predicted molar refractivity (Wildman–Crippen MR) is 106 cm³/mol. The SMILES string of the molecule is COc1ccc(N2CCC3(CN(C(=O)Cc4ccc(F)cn4)CCC3(F)F)C2)cc1. The molecule has 2 saturated heterocycles. The summed E-state index contributed by atoms with van der Waals surface area (Å²) in [7, 11) is 1.58. The Hall–Kier alpha value is -2.77. The predicted octanol–water partition coefficient (Wildman–Crippen LogP) is 3.54. The maximum Gasteiger partial charge on any atom is 0.258 e. The quantitative estimate of drug-likeness (QED) is 0.761. The van der Waals surface area contributed by atoms with E-state index in [2.05, 4.69) is 4.98 Å². The molecule has 4 rings (SSSR count). The molecule has 30 heavy (non-hydrogen) atoms. The number of pyridine rings is 1. The van der Waals surface area contributed by atoms with Crippen molar-refractivity contribution in [3.8, 4) is 5.75 Å². The Bertz CT molecular complexity index is 905. The van der Waals surface area contributed by atoms with Crippen LogP contribution in [0.2, 0.25) is 0 Å². The summed E-state index contributed by atoms with van der Waals surface area (Å²) in [4.78, 5) is 20.1. The topological polar surface area (TPSA) is 45.7 Å². The first kappa shape index (κ1) is 20.5. The molecule has 2 aliphatic heterocycles. The fourth-order valence-electron chi connectivity index (χ4n) is 4.40. The number of benzene rings is 1. The number of hydrogen-bond acceptors (Lipinski definition) is 4. The molecule has 1 unspecified atom stereocenters. The average Bonchev–Trinajstić information content (AvgIpc) is 3.17. The molecule has 0 N–H and O–H groups in total. The summed E-state index contributed by atoms with van der Waals surface area (Å²) < 4.78 is 48.3. The molecule has 3 heterocycles. The summed E-state index contributed by atoms with van der Waals surface area (Å²) in [5.41, 5.74) is 0.0124. The number of amides is 1. The summed E-state index contributed by atoms with van der Waals surface area (Å²) in [6.07, 6.45) is 0.985. The second-order valence-corrected chi connectivity index (χ2v) is 8.06. The number of anilines is 1. The molecule has 8 heteroatoms. The highest BCUT2D eigenvalue weighted by Gasteiger charge is 2.59. The van der Waals surface area contributed by atoms with Gasteiger partial charge < -0.3 is 14.5 Å². The van der Waals surface area contributed by atoms with Crippen LogP contribution in [0, 0.1) is 11.2 Å². The summed E-state index contributed by atoms with van der Waals surface area (Å²) in [5, 5.41) is 0. The zero-order valence-corrected chi connectivity index (χ0v) is 16.8.